The molecular weight excluding hydrogens is 203 g/mol. The number of hydrogen-bond donors (Lipinski definition) is 1. The molecule has 15 heavy (non-hydrogen) atoms. The molecule has 1 atom stereocenters. The number of halogens is 3. The Kier molecular flexibility index (Phi) is 2.69. The fourth-order valence-electron chi connectivity index (χ4n) is 1.64. The zero-order valence-electron chi connectivity index (χ0n) is 8.14. The molecule has 82 valence electrons. The van der Waals surface area contributed by atoms with Crippen molar-refractivity contribution in [3.05, 3.63) is 35.1 Å². The van der Waals surface area contributed by atoms with Crippen LogP contribution in [0, 0.1) is 23.4 Å². The van der Waals surface area contributed by atoms with Gasteiger partial charge >= 0.3 is 0 Å². The van der Waals surface area contributed by atoms with Gasteiger partial charge in [0.25, 0.3) is 0 Å². The fraction of sp³-hybridized carbons (Fsp3) is 0.455. The Hall–Kier alpha value is -1.03. The summed E-state index contributed by atoms with van der Waals surface area (Å²) in [7, 11) is 0. The second-order valence-electron chi connectivity index (χ2n) is 4.08. The zero-order valence-corrected chi connectivity index (χ0v) is 8.14. The molecule has 0 bridgehead atoms. The summed E-state index contributed by atoms with van der Waals surface area (Å²) in [6, 6.07) is 1.55. The highest BCUT2D eigenvalue weighted by Crippen LogP contribution is 2.37. The topological polar surface area (TPSA) is 26.0 Å². The molecule has 0 heterocycles. The summed E-state index contributed by atoms with van der Waals surface area (Å²) in [6.45, 7) is 0. The van der Waals surface area contributed by atoms with Crippen molar-refractivity contribution in [2.45, 2.75) is 25.3 Å². The van der Waals surface area contributed by atoms with Gasteiger partial charge in [-0.2, -0.15) is 0 Å². The van der Waals surface area contributed by atoms with Crippen molar-refractivity contribution in [2.24, 2.45) is 11.7 Å². The van der Waals surface area contributed by atoms with Crippen molar-refractivity contribution in [3.63, 3.8) is 0 Å². The van der Waals surface area contributed by atoms with Gasteiger partial charge in [-0.25, -0.2) is 13.2 Å². The molecule has 0 amide bonds. The van der Waals surface area contributed by atoms with Crippen LogP contribution in [-0.4, -0.2) is 0 Å². The molecule has 4 heteroatoms. The Morgan fingerprint density at radius 3 is 2.20 bits per heavy atom. The van der Waals surface area contributed by atoms with Crippen LogP contribution >= 0.6 is 0 Å². The van der Waals surface area contributed by atoms with Gasteiger partial charge in [0.2, 0.25) is 0 Å². The molecule has 1 aliphatic rings. The maximum absolute atomic E-state index is 12.9. The molecule has 0 radical (unpaired) electrons. The third kappa shape index (κ3) is 2.31. The number of hydrogen-bond acceptors (Lipinski definition) is 1. The lowest BCUT2D eigenvalue weighted by atomic mass is 10.0. The average molecular weight is 215 g/mol. The minimum atomic E-state index is -1.43. The van der Waals surface area contributed by atoms with E-state index >= 15 is 0 Å². The summed E-state index contributed by atoms with van der Waals surface area (Å²) < 4.78 is 38.4. The van der Waals surface area contributed by atoms with Crippen molar-refractivity contribution in [1.82, 2.24) is 0 Å². The highest BCUT2D eigenvalue weighted by atomic mass is 19.2. The van der Waals surface area contributed by atoms with Gasteiger partial charge in [0, 0.05) is 6.04 Å². The highest BCUT2D eigenvalue weighted by Gasteiger charge is 2.25. The second-order valence-corrected chi connectivity index (χ2v) is 4.08. The summed E-state index contributed by atoms with van der Waals surface area (Å²) in [6.07, 6.45) is 2.96. The van der Waals surface area contributed by atoms with E-state index in [4.69, 9.17) is 5.73 Å². The zero-order chi connectivity index (χ0) is 11.0. The van der Waals surface area contributed by atoms with Gasteiger partial charge in [0.1, 0.15) is 0 Å². The van der Waals surface area contributed by atoms with Gasteiger partial charge in [0.05, 0.1) is 0 Å². The van der Waals surface area contributed by atoms with Crippen LogP contribution in [0.1, 0.15) is 30.9 Å². The van der Waals surface area contributed by atoms with E-state index in [2.05, 4.69) is 0 Å². The van der Waals surface area contributed by atoms with Crippen molar-refractivity contribution in [3.8, 4) is 0 Å². The summed E-state index contributed by atoms with van der Waals surface area (Å²) in [5.74, 6) is -3.21. The molecule has 0 spiro atoms. The SMILES string of the molecule is N[C@@H](CC1CC1)c1cc(F)c(F)c(F)c1. The third-order valence-corrected chi connectivity index (χ3v) is 2.72. The Morgan fingerprint density at radius 1 is 1.20 bits per heavy atom. The van der Waals surface area contributed by atoms with Crippen LogP contribution in [0.2, 0.25) is 0 Å². The lowest BCUT2D eigenvalue weighted by Gasteiger charge is -2.11. The first-order valence-electron chi connectivity index (χ1n) is 4.98. The molecule has 1 aromatic rings. The maximum atomic E-state index is 12.9. The lowest BCUT2D eigenvalue weighted by Crippen LogP contribution is -2.12. The largest absolute Gasteiger partial charge is 0.324 e. The summed E-state index contributed by atoms with van der Waals surface area (Å²) in [4.78, 5) is 0. The van der Waals surface area contributed by atoms with Crippen molar-refractivity contribution in [1.29, 1.82) is 0 Å². The number of benzene rings is 1. The van der Waals surface area contributed by atoms with Gasteiger partial charge in [-0.3, -0.25) is 0 Å². The van der Waals surface area contributed by atoms with Crippen LogP contribution in [0.4, 0.5) is 13.2 Å². The van der Waals surface area contributed by atoms with E-state index in [1.807, 2.05) is 0 Å². The normalized spacial score (nSPS) is 17.9. The van der Waals surface area contributed by atoms with Crippen LogP contribution in [0.3, 0.4) is 0 Å². The smallest absolute Gasteiger partial charge is 0.194 e. The second kappa shape index (κ2) is 3.85. The molecular formula is C11H12F3N. The predicted octanol–water partition coefficient (Wildman–Crippen LogP) is 2.90. The molecule has 1 aliphatic carbocycles. The average Bonchev–Trinajstić information content (AvgIpc) is 2.97. The number of rotatable bonds is 3. The van der Waals surface area contributed by atoms with Gasteiger partial charge in [-0.05, 0) is 30.0 Å². The Morgan fingerprint density at radius 2 is 1.73 bits per heavy atom. The Labute approximate surface area is 86.1 Å². The first-order valence-corrected chi connectivity index (χ1v) is 4.98. The highest BCUT2D eigenvalue weighted by molar-refractivity contribution is 5.22. The van der Waals surface area contributed by atoms with Crippen LogP contribution in [0.5, 0.6) is 0 Å². The van der Waals surface area contributed by atoms with Crippen LogP contribution in [0.15, 0.2) is 12.1 Å². The van der Waals surface area contributed by atoms with E-state index < -0.39 is 23.5 Å². The summed E-state index contributed by atoms with van der Waals surface area (Å²) >= 11 is 0. The monoisotopic (exact) mass is 215 g/mol. The molecule has 1 saturated carbocycles. The van der Waals surface area contributed by atoms with Gasteiger partial charge in [-0.1, -0.05) is 12.8 Å². The maximum Gasteiger partial charge on any atom is 0.194 e. The minimum absolute atomic E-state index is 0.332. The molecule has 2 rings (SSSR count). The molecule has 1 nitrogen and oxygen atoms in total. The number of nitrogens with two attached hydrogens (primary N) is 1. The van der Waals surface area contributed by atoms with Crippen molar-refractivity contribution in [2.75, 3.05) is 0 Å². The first kappa shape index (κ1) is 10.5. The molecule has 0 aromatic heterocycles. The van der Waals surface area contributed by atoms with Crippen LogP contribution in [0.25, 0.3) is 0 Å². The van der Waals surface area contributed by atoms with Crippen LogP contribution < -0.4 is 5.73 Å². The van der Waals surface area contributed by atoms with Crippen LogP contribution in [-0.2, 0) is 0 Å². The molecule has 1 aromatic carbocycles. The Balaban J connectivity index is 2.19. The van der Waals surface area contributed by atoms with Gasteiger partial charge in [-0.15, -0.1) is 0 Å². The predicted molar refractivity (Wildman–Crippen MR) is 50.6 cm³/mol. The molecule has 0 aliphatic heterocycles. The third-order valence-electron chi connectivity index (χ3n) is 2.72. The van der Waals surface area contributed by atoms with E-state index in [1.54, 1.807) is 0 Å². The molecule has 0 unspecified atom stereocenters. The minimum Gasteiger partial charge on any atom is -0.324 e. The first-order chi connectivity index (χ1) is 7.08. The molecule has 0 saturated heterocycles. The van der Waals surface area contributed by atoms with E-state index in [-0.39, 0.29) is 0 Å². The van der Waals surface area contributed by atoms with E-state index in [1.165, 1.54) is 0 Å². The van der Waals surface area contributed by atoms with E-state index in [0.717, 1.165) is 25.0 Å². The standard InChI is InChI=1S/C11H12F3N/c12-8-4-7(5-9(13)11(8)14)10(15)3-6-1-2-6/h4-6,10H,1-3,15H2/t10-/m0/s1. The molecule has 1 fully saturated rings. The summed E-state index contributed by atoms with van der Waals surface area (Å²) in [5.41, 5.74) is 6.10. The summed E-state index contributed by atoms with van der Waals surface area (Å²) in [5, 5.41) is 0. The van der Waals surface area contributed by atoms with E-state index in [9.17, 15) is 13.2 Å². The quantitative estimate of drug-likeness (QED) is 0.771. The van der Waals surface area contributed by atoms with Crippen molar-refractivity contribution < 1.29 is 13.2 Å². The fourth-order valence-corrected chi connectivity index (χ4v) is 1.64. The van der Waals surface area contributed by atoms with Gasteiger partial charge < -0.3 is 5.73 Å². The van der Waals surface area contributed by atoms with E-state index in [0.29, 0.717) is 17.9 Å². The van der Waals surface area contributed by atoms with Crippen molar-refractivity contribution >= 4 is 0 Å². The lowest BCUT2D eigenvalue weighted by molar-refractivity contribution is 0.442. The molecule has 2 N–H and O–H groups in total. The Bertz CT molecular complexity index is 351. The van der Waals surface area contributed by atoms with Gasteiger partial charge in [0.15, 0.2) is 17.5 Å².